The quantitative estimate of drug-likeness (QED) is 0.561. The van der Waals surface area contributed by atoms with E-state index in [0.717, 1.165) is 27.7 Å². The van der Waals surface area contributed by atoms with E-state index in [-0.39, 0.29) is 16.0 Å². The molecule has 0 bridgehead atoms. The van der Waals surface area contributed by atoms with Gasteiger partial charge in [-0.05, 0) is 59.2 Å². The smallest absolute Gasteiger partial charge is 0.0975 e. The average Bonchev–Trinajstić information content (AvgIpc) is 2.73. The molecule has 31 heavy (non-hydrogen) atoms. The minimum atomic E-state index is -1.14. The molecule has 3 atom stereocenters. The first-order valence-corrected chi connectivity index (χ1v) is 12.7. The van der Waals surface area contributed by atoms with Gasteiger partial charge in [-0.1, -0.05) is 48.5 Å². The Balaban J connectivity index is 0.000000501. The Morgan fingerprint density at radius 3 is 2.03 bits per heavy atom. The molecule has 5 nitrogen and oxygen atoms in total. The van der Waals surface area contributed by atoms with E-state index in [1.807, 2.05) is 77.9 Å². The zero-order valence-electron chi connectivity index (χ0n) is 19.1. The maximum Gasteiger partial charge on any atom is 0.0975 e. The monoisotopic (exact) mass is 459 g/mol. The SMILES string of the molecule is CC(C)S(N)=O.C[C@H](N[S@](=O)C(C)(C)C)c1cc2ccccc2nc1-c1ccccc1. The Labute approximate surface area is 191 Å². The molecule has 0 radical (unpaired) electrons. The highest BCUT2D eigenvalue weighted by atomic mass is 32.2. The highest BCUT2D eigenvalue weighted by Gasteiger charge is 2.23. The lowest BCUT2D eigenvalue weighted by molar-refractivity contribution is 0.616. The Kier molecular flexibility index (Phi) is 9.06. The predicted octanol–water partition coefficient (Wildman–Crippen LogP) is 5.03. The van der Waals surface area contributed by atoms with Crippen LogP contribution < -0.4 is 9.86 Å². The summed E-state index contributed by atoms with van der Waals surface area (Å²) in [6.07, 6.45) is 0. The van der Waals surface area contributed by atoms with Crippen molar-refractivity contribution in [3.05, 3.63) is 66.2 Å². The van der Waals surface area contributed by atoms with Crippen LogP contribution in [0.1, 0.15) is 53.1 Å². The Morgan fingerprint density at radius 2 is 1.48 bits per heavy atom. The van der Waals surface area contributed by atoms with Crippen LogP contribution in [0.25, 0.3) is 22.2 Å². The zero-order chi connectivity index (χ0) is 23.2. The maximum absolute atomic E-state index is 12.5. The number of nitrogens with two attached hydrogens (primary N) is 1. The summed E-state index contributed by atoms with van der Waals surface area (Å²) < 4.78 is 25.5. The summed E-state index contributed by atoms with van der Waals surface area (Å²) in [6, 6.07) is 20.3. The number of hydrogen-bond donors (Lipinski definition) is 2. The van der Waals surface area contributed by atoms with E-state index in [1.165, 1.54) is 0 Å². The number of para-hydroxylation sites is 1. The van der Waals surface area contributed by atoms with Gasteiger partial charge in [-0.25, -0.2) is 18.1 Å². The third kappa shape index (κ3) is 7.31. The van der Waals surface area contributed by atoms with Gasteiger partial charge in [-0.2, -0.15) is 0 Å². The molecule has 0 spiro atoms. The van der Waals surface area contributed by atoms with Crippen molar-refractivity contribution in [3.8, 4) is 11.3 Å². The zero-order valence-corrected chi connectivity index (χ0v) is 20.7. The van der Waals surface area contributed by atoms with Crippen LogP contribution in [-0.2, 0) is 22.0 Å². The van der Waals surface area contributed by atoms with Crippen LogP contribution >= 0.6 is 0 Å². The Hall–Kier alpha value is -1.93. The fraction of sp³-hybridized carbons (Fsp3) is 0.375. The molecule has 1 unspecified atom stereocenters. The Bertz CT molecular complexity index is 1050. The molecule has 0 saturated heterocycles. The summed E-state index contributed by atoms with van der Waals surface area (Å²) in [5.41, 5.74) is 4.03. The third-order valence-electron chi connectivity index (χ3n) is 4.57. The van der Waals surface area contributed by atoms with Crippen LogP contribution in [0.3, 0.4) is 0 Å². The second-order valence-electron chi connectivity index (χ2n) is 8.58. The lowest BCUT2D eigenvalue weighted by Gasteiger charge is -2.23. The van der Waals surface area contributed by atoms with Crippen molar-refractivity contribution in [2.75, 3.05) is 0 Å². The third-order valence-corrected chi connectivity index (χ3v) is 7.18. The molecule has 0 aliphatic carbocycles. The first kappa shape index (κ1) is 25.3. The molecule has 3 aromatic rings. The van der Waals surface area contributed by atoms with Gasteiger partial charge >= 0.3 is 0 Å². The van der Waals surface area contributed by atoms with Gasteiger partial charge in [-0.15, -0.1) is 0 Å². The average molecular weight is 460 g/mol. The molecule has 168 valence electrons. The molecular formula is C24H33N3O2S2. The fourth-order valence-electron chi connectivity index (χ4n) is 2.69. The van der Waals surface area contributed by atoms with Gasteiger partial charge in [0.1, 0.15) is 0 Å². The van der Waals surface area contributed by atoms with Gasteiger partial charge < -0.3 is 0 Å². The van der Waals surface area contributed by atoms with Crippen LogP contribution in [0.5, 0.6) is 0 Å². The van der Waals surface area contributed by atoms with E-state index in [9.17, 15) is 8.42 Å². The van der Waals surface area contributed by atoms with Crippen LogP contribution in [0.2, 0.25) is 0 Å². The Morgan fingerprint density at radius 1 is 0.935 bits per heavy atom. The van der Waals surface area contributed by atoms with Crippen molar-refractivity contribution < 1.29 is 8.42 Å². The number of rotatable bonds is 5. The van der Waals surface area contributed by atoms with Crippen molar-refractivity contribution in [3.63, 3.8) is 0 Å². The van der Waals surface area contributed by atoms with Crippen LogP contribution in [0.4, 0.5) is 0 Å². The largest absolute Gasteiger partial charge is 0.252 e. The molecule has 0 saturated carbocycles. The summed E-state index contributed by atoms with van der Waals surface area (Å²) in [7, 11) is -2.26. The van der Waals surface area contributed by atoms with E-state index >= 15 is 0 Å². The minimum absolute atomic E-state index is 0.0765. The van der Waals surface area contributed by atoms with E-state index in [0.29, 0.717) is 0 Å². The van der Waals surface area contributed by atoms with Gasteiger partial charge in [0.2, 0.25) is 0 Å². The standard InChI is InChI=1S/C21H24N2OS.C3H9NOS/c1-15(23-25(24)21(2,3)4)18-14-17-12-8-9-13-19(17)22-20(18)16-10-6-5-7-11-16;1-3(2)6(4)5/h5-15,23H,1-4H3;3H,4H2,1-2H3/t15-,25+;/m0./s1. The number of nitrogens with one attached hydrogen (secondary N) is 1. The second kappa shape index (κ2) is 11.1. The van der Waals surface area contributed by atoms with E-state index < -0.39 is 22.0 Å². The second-order valence-corrected chi connectivity index (χ2v) is 12.2. The van der Waals surface area contributed by atoms with Crippen molar-refractivity contribution in [1.29, 1.82) is 0 Å². The van der Waals surface area contributed by atoms with E-state index in [1.54, 1.807) is 0 Å². The molecule has 0 amide bonds. The molecular weight excluding hydrogens is 426 g/mol. The highest BCUT2D eigenvalue weighted by Crippen LogP contribution is 2.30. The molecule has 1 heterocycles. The van der Waals surface area contributed by atoms with E-state index in [4.69, 9.17) is 10.1 Å². The molecule has 0 aliphatic rings. The predicted molar refractivity (Wildman–Crippen MR) is 134 cm³/mol. The van der Waals surface area contributed by atoms with Crippen LogP contribution in [0, 0.1) is 0 Å². The van der Waals surface area contributed by atoms with Crippen molar-refractivity contribution in [1.82, 2.24) is 9.71 Å². The van der Waals surface area contributed by atoms with Crippen molar-refractivity contribution in [2.45, 2.75) is 57.6 Å². The summed E-state index contributed by atoms with van der Waals surface area (Å²) in [6.45, 7) is 11.6. The van der Waals surface area contributed by atoms with Crippen LogP contribution in [-0.4, -0.2) is 23.4 Å². The van der Waals surface area contributed by atoms with Gasteiger partial charge in [0, 0.05) is 22.2 Å². The molecule has 1 aromatic heterocycles. The summed E-state index contributed by atoms with van der Waals surface area (Å²) in [5, 5.41) is 6.10. The number of fused-ring (bicyclic) bond motifs is 1. The molecule has 2 aromatic carbocycles. The van der Waals surface area contributed by atoms with Gasteiger partial charge in [-0.3, -0.25) is 5.14 Å². The lowest BCUT2D eigenvalue weighted by Crippen LogP contribution is -2.35. The van der Waals surface area contributed by atoms with Gasteiger partial charge in [0.05, 0.1) is 37.9 Å². The summed E-state index contributed by atoms with van der Waals surface area (Å²) in [4.78, 5) is 4.90. The molecule has 0 aliphatic heterocycles. The maximum atomic E-state index is 12.5. The minimum Gasteiger partial charge on any atom is -0.252 e. The number of aromatic nitrogens is 1. The van der Waals surface area contributed by atoms with Crippen molar-refractivity contribution in [2.24, 2.45) is 5.14 Å². The summed E-state index contributed by atoms with van der Waals surface area (Å²) in [5.74, 6) is 0. The normalized spacial score (nSPS) is 14.6. The first-order valence-electron chi connectivity index (χ1n) is 10.3. The summed E-state index contributed by atoms with van der Waals surface area (Å²) >= 11 is 0. The molecule has 3 N–H and O–H groups in total. The molecule has 7 heteroatoms. The number of benzene rings is 2. The van der Waals surface area contributed by atoms with Gasteiger partial charge in [0.15, 0.2) is 0 Å². The number of nitrogens with zero attached hydrogens (tertiary/aromatic N) is 1. The van der Waals surface area contributed by atoms with E-state index in [2.05, 4.69) is 29.0 Å². The fourth-order valence-corrected chi connectivity index (χ4v) is 3.49. The first-order chi connectivity index (χ1) is 14.5. The topological polar surface area (TPSA) is 85.1 Å². The lowest BCUT2D eigenvalue weighted by atomic mass is 9.99. The molecule has 0 fully saturated rings. The molecule has 3 rings (SSSR count). The van der Waals surface area contributed by atoms with Crippen LogP contribution in [0.15, 0.2) is 60.7 Å². The number of pyridine rings is 1. The highest BCUT2D eigenvalue weighted by molar-refractivity contribution is 7.84. The van der Waals surface area contributed by atoms with Crippen molar-refractivity contribution >= 4 is 32.9 Å². The number of hydrogen-bond acceptors (Lipinski definition) is 3. The van der Waals surface area contributed by atoms with Gasteiger partial charge in [0.25, 0.3) is 0 Å².